The Kier molecular flexibility index (Phi) is 3.55. The van der Waals surface area contributed by atoms with Crippen molar-refractivity contribution >= 4 is 17.0 Å². The summed E-state index contributed by atoms with van der Waals surface area (Å²) < 4.78 is 5.35. The van der Waals surface area contributed by atoms with Gasteiger partial charge in [0.25, 0.3) is 0 Å². The predicted octanol–water partition coefficient (Wildman–Crippen LogP) is 3.23. The molecule has 0 spiro atoms. The van der Waals surface area contributed by atoms with Crippen LogP contribution in [-0.2, 0) is 4.79 Å². The van der Waals surface area contributed by atoms with E-state index in [0.29, 0.717) is 17.1 Å². The summed E-state index contributed by atoms with van der Waals surface area (Å²) in [5, 5.41) is 8.36. The van der Waals surface area contributed by atoms with E-state index in [1.54, 1.807) is 0 Å². The molecule has 3 rings (SSSR count). The van der Waals surface area contributed by atoms with E-state index in [9.17, 15) is 4.79 Å². The molecule has 0 bridgehead atoms. The second-order valence-electron chi connectivity index (χ2n) is 5.18. The zero-order chi connectivity index (χ0) is 15.7. The quantitative estimate of drug-likeness (QED) is 0.536. The SMILES string of the molecule is CC(=O)Oc1c(C)cc(C)cc1-c1nnc2ccccc2n1. The highest BCUT2D eigenvalue weighted by atomic mass is 16.5. The summed E-state index contributed by atoms with van der Waals surface area (Å²) >= 11 is 0. The Morgan fingerprint density at radius 3 is 2.50 bits per heavy atom. The van der Waals surface area contributed by atoms with Crippen LogP contribution >= 0.6 is 0 Å². The molecule has 3 aromatic rings. The average Bonchev–Trinajstić information content (AvgIpc) is 2.49. The molecule has 2 aromatic carbocycles. The molecule has 0 unspecified atom stereocenters. The van der Waals surface area contributed by atoms with Crippen molar-refractivity contribution in [3.05, 3.63) is 47.5 Å². The van der Waals surface area contributed by atoms with Crippen LogP contribution in [0.25, 0.3) is 22.4 Å². The highest BCUT2D eigenvalue weighted by molar-refractivity contribution is 5.79. The van der Waals surface area contributed by atoms with Crippen molar-refractivity contribution in [1.82, 2.24) is 15.2 Å². The third kappa shape index (κ3) is 2.65. The fraction of sp³-hybridized carbons (Fsp3) is 0.176. The van der Waals surface area contributed by atoms with Gasteiger partial charge in [-0.2, -0.15) is 0 Å². The van der Waals surface area contributed by atoms with Gasteiger partial charge in [-0.25, -0.2) is 4.98 Å². The van der Waals surface area contributed by atoms with Crippen LogP contribution in [0.5, 0.6) is 5.75 Å². The van der Waals surface area contributed by atoms with E-state index in [-0.39, 0.29) is 5.97 Å². The van der Waals surface area contributed by atoms with Crippen molar-refractivity contribution in [3.8, 4) is 17.1 Å². The molecule has 0 radical (unpaired) electrons. The molecular weight excluding hydrogens is 278 g/mol. The van der Waals surface area contributed by atoms with Crippen LogP contribution in [0.15, 0.2) is 36.4 Å². The first-order valence-electron chi connectivity index (χ1n) is 6.94. The molecule has 0 N–H and O–H groups in total. The van der Waals surface area contributed by atoms with Gasteiger partial charge in [-0.15, -0.1) is 10.2 Å². The van der Waals surface area contributed by atoms with Gasteiger partial charge < -0.3 is 4.74 Å². The number of fused-ring (bicyclic) bond motifs is 1. The number of rotatable bonds is 2. The lowest BCUT2D eigenvalue weighted by Gasteiger charge is -2.12. The van der Waals surface area contributed by atoms with Crippen molar-refractivity contribution in [2.75, 3.05) is 0 Å². The van der Waals surface area contributed by atoms with Crippen LogP contribution in [-0.4, -0.2) is 21.2 Å². The Hall–Kier alpha value is -2.82. The largest absolute Gasteiger partial charge is 0.426 e. The number of para-hydroxylation sites is 1. The molecule has 0 aliphatic carbocycles. The van der Waals surface area contributed by atoms with E-state index in [1.165, 1.54) is 6.92 Å². The van der Waals surface area contributed by atoms with Crippen LogP contribution in [0.2, 0.25) is 0 Å². The Morgan fingerprint density at radius 2 is 1.77 bits per heavy atom. The molecule has 5 nitrogen and oxygen atoms in total. The standard InChI is InChI=1S/C17H15N3O2/c1-10-8-11(2)16(22-12(3)21)13(9-10)17-18-14-6-4-5-7-15(14)19-20-17/h4-9H,1-3H3. The fourth-order valence-electron chi connectivity index (χ4n) is 2.39. The van der Waals surface area contributed by atoms with Crippen LogP contribution in [0.3, 0.4) is 0 Å². The van der Waals surface area contributed by atoms with Gasteiger partial charge in [-0.3, -0.25) is 4.79 Å². The highest BCUT2D eigenvalue weighted by Gasteiger charge is 2.15. The van der Waals surface area contributed by atoms with Crippen molar-refractivity contribution in [2.45, 2.75) is 20.8 Å². The molecule has 0 aliphatic heterocycles. The van der Waals surface area contributed by atoms with E-state index in [1.807, 2.05) is 50.2 Å². The minimum Gasteiger partial charge on any atom is -0.426 e. The van der Waals surface area contributed by atoms with E-state index in [2.05, 4.69) is 15.2 Å². The number of carbonyl (C=O) groups is 1. The van der Waals surface area contributed by atoms with E-state index in [4.69, 9.17) is 4.74 Å². The Labute approximate surface area is 128 Å². The molecule has 0 amide bonds. The van der Waals surface area contributed by atoms with Gasteiger partial charge in [-0.05, 0) is 43.2 Å². The summed E-state index contributed by atoms with van der Waals surface area (Å²) in [4.78, 5) is 15.9. The van der Waals surface area contributed by atoms with Crippen molar-refractivity contribution < 1.29 is 9.53 Å². The molecule has 0 saturated heterocycles. The Bertz CT molecular complexity index is 875. The number of aryl methyl sites for hydroxylation is 2. The first kappa shape index (κ1) is 14.1. The monoisotopic (exact) mass is 293 g/mol. The topological polar surface area (TPSA) is 65.0 Å². The summed E-state index contributed by atoms with van der Waals surface area (Å²) in [6, 6.07) is 11.4. The van der Waals surface area contributed by atoms with E-state index < -0.39 is 0 Å². The van der Waals surface area contributed by atoms with Crippen molar-refractivity contribution in [3.63, 3.8) is 0 Å². The maximum absolute atomic E-state index is 11.4. The summed E-state index contributed by atoms with van der Waals surface area (Å²) in [7, 11) is 0. The lowest BCUT2D eigenvalue weighted by Crippen LogP contribution is -2.06. The van der Waals surface area contributed by atoms with Crippen molar-refractivity contribution in [2.24, 2.45) is 0 Å². The van der Waals surface area contributed by atoms with Gasteiger partial charge in [0.1, 0.15) is 11.3 Å². The van der Waals surface area contributed by atoms with Gasteiger partial charge in [0.15, 0.2) is 5.82 Å². The number of hydrogen-bond donors (Lipinski definition) is 0. The number of nitrogens with zero attached hydrogens (tertiary/aromatic N) is 3. The van der Waals surface area contributed by atoms with Crippen LogP contribution in [0, 0.1) is 13.8 Å². The normalized spacial score (nSPS) is 10.7. The number of ether oxygens (including phenoxy) is 1. The molecule has 0 saturated carbocycles. The number of carbonyl (C=O) groups excluding carboxylic acids is 1. The minimum absolute atomic E-state index is 0.373. The summed E-state index contributed by atoms with van der Waals surface area (Å²) in [6.07, 6.45) is 0. The molecule has 0 atom stereocenters. The van der Waals surface area contributed by atoms with Crippen molar-refractivity contribution in [1.29, 1.82) is 0 Å². The number of hydrogen-bond acceptors (Lipinski definition) is 5. The molecule has 0 aliphatic rings. The van der Waals surface area contributed by atoms with Gasteiger partial charge >= 0.3 is 5.97 Å². The zero-order valence-electron chi connectivity index (χ0n) is 12.6. The second-order valence-corrected chi connectivity index (χ2v) is 5.18. The van der Waals surface area contributed by atoms with Crippen LogP contribution in [0.4, 0.5) is 0 Å². The molecule has 1 aromatic heterocycles. The smallest absolute Gasteiger partial charge is 0.308 e. The van der Waals surface area contributed by atoms with Gasteiger partial charge in [0.2, 0.25) is 0 Å². The average molecular weight is 293 g/mol. The van der Waals surface area contributed by atoms with Crippen LogP contribution < -0.4 is 4.74 Å². The molecule has 1 heterocycles. The predicted molar refractivity (Wildman–Crippen MR) is 83.6 cm³/mol. The number of benzene rings is 2. The molecule has 5 heteroatoms. The number of aromatic nitrogens is 3. The lowest BCUT2D eigenvalue weighted by atomic mass is 10.0. The van der Waals surface area contributed by atoms with Gasteiger partial charge in [0.05, 0.1) is 11.1 Å². The zero-order valence-corrected chi connectivity index (χ0v) is 12.6. The molecule has 110 valence electrons. The maximum Gasteiger partial charge on any atom is 0.308 e. The lowest BCUT2D eigenvalue weighted by molar-refractivity contribution is -0.131. The summed E-state index contributed by atoms with van der Waals surface area (Å²) in [5.41, 5.74) is 4.05. The summed E-state index contributed by atoms with van der Waals surface area (Å²) in [6.45, 7) is 5.24. The maximum atomic E-state index is 11.4. The first-order valence-corrected chi connectivity index (χ1v) is 6.94. The van der Waals surface area contributed by atoms with Gasteiger partial charge in [0, 0.05) is 6.92 Å². The Balaban J connectivity index is 2.22. The Morgan fingerprint density at radius 1 is 1.05 bits per heavy atom. The highest BCUT2D eigenvalue weighted by Crippen LogP contribution is 2.32. The molecule has 22 heavy (non-hydrogen) atoms. The summed E-state index contributed by atoms with van der Waals surface area (Å²) in [5.74, 6) is 0.555. The van der Waals surface area contributed by atoms with Crippen LogP contribution in [0.1, 0.15) is 18.1 Å². The molecular formula is C17H15N3O2. The molecule has 0 fully saturated rings. The fourth-order valence-corrected chi connectivity index (χ4v) is 2.39. The van der Waals surface area contributed by atoms with Gasteiger partial charge in [-0.1, -0.05) is 18.2 Å². The van der Waals surface area contributed by atoms with E-state index >= 15 is 0 Å². The minimum atomic E-state index is -0.373. The second kappa shape index (κ2) is 5.52. The number of esters is 1. The third-order valence-corrected chi connectivity index (χ3v) is 3.27. The van der Waals surface area contributed by atoms with E-state index in [0.717, 1.165) is 22.2 Å². The third-order valence-electron chi connectivity index (χ3n) is 3.27. The first-order chi connectivity index (χ1) is 10.5.